The van der Waals surface area contributed by atoms with Crippen molar-refractivity contribution in [2.45, 2.75) is 26.8 Å². The lowest BCUT2D eigenvalue weighted by atomic mass is 10.1. The van der Waals surface area contributed by atoms with Crippen molar-refractivity contribution >= 4 is 28.8 Å². The van der Waals surface area contributed by atoms with E-state index < -0.39 is 0 Å². The van der Waals surface area contributed by atoms with Gasteiger partial charge in [-0.25, -0.2) is 0 Å². The number of anilines is 1. The number of carbonyl (C=O) groups is 2. The van der Waals surface area contributed by atoms with Gasteiger partial charge in [0.25, 0.3) is 11.8 Å². The average molecular weight is 439 g/mol. The minimum atomic E-state index is -0.342. The van der Waals surface area contributed by atoms with Crippen molar-refractivity contribution in [3.05, 3.63) is 63.6 Å². The highest BCUT2D eigenvalue weighted by molar-refractivity contribution is 7.13. The zero-order valence-electron chi connectivity index (χ0n) is 17.2. The number of amides is 2. The number of nitrogens with one attached hydrogen (secondary N) is 2. The fourth-order valence-corrected chi connectivity index (χ4v) is 3.98. The molecule has 0 saturated heterocycles. The van der Waals surface area contributed by atoms with E-state index in [1.165, 1.54) is 11.3 Å². The molecule has 0 radical (unpaired) electrons. The number of rotatable bonds is 7. The Morgan fingerprint density at radius 2 is 1.90 bits per heavy atom. The molecule has 8 nitrogen and oxygen atoms in total. The molecule has 3 aromatic rings. The highest BCUT2D eigenvalue weighted by atomic mass is 32.1. The molecule has 9 heteroatoms. The topological polar surface area (TPSA) is 102 Å². The maximum atomic E-state index is 12.6. The number of aromatic nitrogens is 2. The first-order chi connectivity index (χ1) is 15.0. The fraction of sp³-hybridized carbons (Fsp3) is 0.273. The van der Waals surface area contributed by atoms with Crippen LogP contribution in [-0.2, 0) is 13.0 Å². The Bertz CT molecular complexity index is 1110. The summed E-state index contributed by atoms with van der Waals surface area (Å²) in [6.07, 6.45) is 0.782. The Kier molecular flexibility index (Phi) is 6.13. The van der Waals surface area contributed by atoms with E-state index in [0.717, 1.165) is 17.0 Å². The van der Waals surface area contributed by atoms with E-state index in [-0.39, 0.29) is 18.6 Å². The van der Waals surface area contributed by atoms with E-state index in [0.29, 0.717) is 40.2 Å². The summed E-state index contributed by atoms with van der Waals surface area (Å²) < 4.78 is 10.6. The average Bonchev–Trinajstić information content (AvgIpc) is 3.40. The van der Waals surface area contributed by atoms with Gasteiger partial charge in [0.2, 0.25) is 11.8 Å². The summed E-state index contributed by atoms with van der Waals surface area (Å²) >= 11 is 1.28. The predicted octanol–water partition coefficient (Wildman–Crippen LogP) is 3.65. The smallest absolute Gasteiger partial charge is 0.286 e. The van der Waals surface area contributed by atoms with Gasteiger partial charge in [0.05, 0.1) is 0 Å². The molecular weight excluding hydrogens is 416 g/mol. The van der Waals surface area contributed by atoms with Crippen LogP contribution in [0.2, 0.25) is 0 Å². The van der Waals surface area contributed by atoms with Crippen LogP contribution in [0.5, 0.6) is 11.5 Å². The molecule has 2 amide bonds. The van der Waals surface area contributed by atoms with Gasteiger partial charge in [-0.15, -0.1) is 10.2 Å². The molecule has 1 aliphatic rings. The number of nitrogens with zero attached hydrogens (tertiary/aromatic N) is 2. The van der Waals surface area contributed by atoms with Gasteiger partial charge in [0.15, 0.2) is 11.5 Å². The van der Waals surface area contributed by atoms with Crippen LogP contribution >= 0.6 is 11.3 Å². The van der Waals surface area contributed by atoms with Crippen LogP contribution < -0.4 is 20.1 Å². The summed E-state index contributed by atoms with van der Waals surface area (Å²) in [6, 6.07) is 12.3. The van der Waals surface area contributed by atoms with Crippen molar-refractivity contribution in [3.63, 3.8) is 0 Å². The van der Waals surface area contributed by atoms with Crippen molar-refractivity contribution in [2.75, 3.05) is 12.1 Å². The minimum Gasteiger partial charge on any atom is -0.454 e. The summed E-state index contributed by atoms with van der Waals surface area (Å²) in [5.41, 5.74) is 1.85. The summed E-state index contributed by atoms with van der Waals surface area (Å²) in [5.74, 6) is 1.22. The van der Waals surface area contributed by atoms with E-state index >= 15 is 0 Å². The fourth-order valence-electron chi connectivity index (χ4n) is 3.04. The first kappa shape index (κ1) is 20.8. The first-order valence-corrected chi connectivity index (χ1v) is 10.7. The molecule has 2 aromatic carbocycles. The molecule has 0 saturated carbocycles. The Hall–Kier alpha value is -3.46. The second-order valence-electron chi connectivity index (χ2n) is 7.50. The maximum absolute atomic E-state index is 12.6. The molecule has 2 heterocycles. The molecule has 0 bridgehead atoms. The molecule has 0 fully saturated rings. The second kappa shape index (κ2) is 9.13. The summed E-state index contributed by atoms with van der Waals surface area (Å²) in [6.45, 7) is 4.73. The van der Waals surface area contributed by atoms with Crippen molar-refractivity contribution in [3.8, 4) is 11.5 Å². The number of benzene rings is 2. The predicted molar refractivity (Wildman–Crippen MR) is 117 cm³/mol. The first-order valence-electron chi connectivity index (χ1n) is 9.88. The summed E-state index contributed by atoms with van der Waals surface area (Å²) in [7, 11) is 0. The van der Waals surface area contributed by atoms with Crippen molar-refractivity contribution in [2.24, 2.45) is 5.92 Å². The third-order valence-electron chi connectivity index (χ3n) is 4.52. The van der Waals surface area contributed by atoms with Crippen LogP contribution in [0.3, 0.4) is 0 Å². The summed E-state index contributed by atoms with van der Waals surface area (Å²) in [5, 5.41) is 14.8. The Balaban J connectivity index is 1.36. The highest BCUT2D eigenvalue weighted by Gasteiger charge is 2.16. The molecule has 2 N–H and O–H groups in total. The van der Waals surface area contributed by atoms with Crippen molar-refractivity contribution in [1.82, 2.24) is 15.5 Å². The van der Waals surface area contributed by atoms with Gasteiger partial charge in [-0.05, 0) is 41.8 Å². The number of hydrogen-bond donors (Lipinski definition) is 2. The van der Waals surface area contributed by atoms with Crippen LogP contribution in [0.4, 0.5) is 5.69 Å². The Morgan fingerprint density at radius 3 is 2.74 bits per heavy atom. The van der Waals surface area contributed by atoms with Gasteiger partial charge < -0.3 is 20.1 Å². The van der Waals surface area contributed by atoms with Gasteiger partial charge in [0, 0.05) is 24.2 Å². The SMILES string of the molecule is CC(C)Cc1nnc(C(=O)Nc2cccc(C(=O)NCc3ccc4c(c3)OCO4)c2)s1. The number of carbonyl (C=O) groups excluding carboxylic acids is 2. The molecule has 0 unspecified atom stereocenters. The van der Waals surface area contributed by atoms with Crippen LogP contribution in [-0.4, -0.2) is 28.8 Å². The van der Waals surface area contributed by atoms with E-state index in [1.807, 2.05) is 18.2 Å². The Morgan fingerprint density at radius 1 is 1.06 bits per heavy atom. The van der Waals surface area contributed by atoms with Crippen LogP contribution in [0.1, 0.15) is 44.6 Å². The maximum Gasteiger partial charge on any atom is 0.286 e. The lowest BCUT2D eigenvalue weighted by Crippen LogP contribution is -2.23. The van der Waals surface area contributed by atoms with Crippen LogP contribution in [0.25, 0.3) is 0 Å². The largest absolute Gasteiger partial charge is 0.454 e. The van der Waals surface area contributed by atoms with Crippen molar-refractivity contribution < 1.29 is 19.1 Å². The minimum absolute atomic E-state index is 0.208. The third kappa shape index (κ3) is 5.18. The van der Waals surface area contributed by atoms with E-state index in [4.69, 9.17) is 9.47 Å². The Labute approximate surface area is 183 Å². The highest BCUT2D eigenvalue weighted by Crippen LogP contribution is 2.32. The normalized spacial score (nSPS) is 12.1. The zero-order valence-corrected chi connectivity index (χ0v) is 18.0. The van der Waals surface area contributed by atoms with Crippen LogP contribution in [0, 0.1) is 5.92 Å². The van der Waals surface area contributed by atoms with Gasteiger partial charge in [-0.2, -0.15) is 0 Å². The molecule has 0 spiro atoms. The molecule has 4 rings (SSSR count). The zero-order chi connectivity index (χ0) is 21.8. The van der Waals surface area contributed by atoms with Crippen LogP contribution in [0.15, 0.2) is 42.5 Å². The monoisotopic (exact) mass is 438 g/mol. The third-order valence-corrected chi connectivity index (χ3v) is 5.46. The van der Waals surface area contributed by atoms with E-state index in [9.17, 15) is 9.59 Å². The number of hydrogen-bond acceptors (Lipinski definition) is 7. The van der Waals surface area contributed by atoms with E-state index in [1.54, 1.807) is 24.3 Å². The van der Waals surface area contributed by atoms with Gasteiger partial charge in [-0.3, -0.25) is 9.59 Å². The van der Waals surface area contributed by atoms with Gasteiger partial charge in [-0.1, -0.05) is 37.3 Å². The second-order valence-corrected chi connectivity index (χ2v) is 8.57. The van der Waals surface area contributed by atoms with Crippen molar-refractivity contribution in [1.29, 1.82) is 0 Å². The standard InChI is InChI=1S/C22H22N4O4S/c1-13(2)8-19-25-26-22(31-19)21(28)24-16-5-3-4-15(10-16)20(27)23-11-14-6-7-17-18(9-14)30-12-29-17/h3-7,9-10,13H,8,11-12H2,1-2H3,(H,23,27)(H,24,28). The number of fused-ring (bicyclic) bond motifs is 1. The lowest BCUT2D eigenvalue weighted by Gasteiger charge is -2.08. The quantitative estimate of drug-likeness (QED) is 0.584. The van der Waals surface area contributed by atoms with Gasteiger partial charge in [0.1, 0.15) is 5.01 Å². The molecule has 1 aliphatic heterocycles. The molecule has 1 aromatic heterocycles. The number of ether oxygens (including phenoxy) is 2. The summed E-state index contributed by atoms with van der Waals surface area (Å²) in [4.78, 5) is 25.0. The molecular formula is C22H22N4O4S. The van der Waals surface area contributed by atoms with Gasteiger partial charge >= 0.3 is 0 Å². The molecule has 0 atom stereocenters. The lowest BCUT2D eigenvalue weighted by molar-refractivity contribution is 0.0949. The molecule has 0 aliphatic carbocycles. The molecule has 160 valence electrons. The molecule has 31 heavy (non-hydrogen) atoms. The van der Waals surface area contributed by atoms with E-state index in [2.05, 4.69) is 34.7 Å².